The number of morpholine rings is 1. The maximum atomic E-state index is 13.0. The van der Waals surface area contributed by atoms with Crippen molar-refractivity contribution < 1.29 is 14.6 Å². The molecule has 2 N–H and O–H groups in total. The lowest BCUT2D eigenvalue weighted by molar-refractivity contribution is 0.123. The number of aromatic hydroxyl groups is 1. The highest BCUT2D eigenvalue weighted by atomic mass is 35.5. The number of urea groups is 1. The summed E-state index contributed by atoms with van der Waals surface area (Å²) in [5.74, 6) is 0.188. The summed E-state index contributed by atoms with van der Waals surface area (Å²) in [5.41, 5.74) is 2.32. The van der Waals surface area contributed by atoms with E-state index in [1.54, 1.807) is 23.1 Å². The lowest BCUT2D eigenvalue weighted by Gasteiger charge is -2.31. The molecule has 0 unspecified atom stereocenters. The van der Waals surface area contributed by atoms with Gasteiger partial charge in [0.1, 0.15) is 5.75 Å². The summed E-state index contributed by atoms with van der Waals surface area (Å²) in [6.07, 6.45) is 0.812. The van der Waals surface area contributed by atoms with Gasteiger partial charge in [-0.15, -0.1) is 0 Å². The molecule has 7 heteroatoms. The summed E-state index contributed by atoms with van der Waals surface area (Å²) in [5, 5.41) is 13.6. The summed E-state index contributed by atoms with van der Waals surface area (Å²) in [7, 11) is 0. The topological polar surface area (TPSA) is 65.0 Å². The molecule has 28 heavy (non-hydrogen) atoms. The van der Waals surface area contributed by atoms with Gasteiger partial charge >= 0.3 is 6.03 Å². The largest absolute Gasteiger partial charge is 0.508 e. The average Bonchev–Trinajstić information content (AvgIpc) is 2.70. The van der Waals surface area contributed by atoms with Crippen molar-refractivity contribution >= 4 is 29.0 Å². The minimum absolute atomic E-state index is 0.188. The number of anilines is 2. The normalized spacial score (nSPS) is 14.0. The summed E-state index contributed by atoms with van der Waals surface area (Å²) >= 11 is 6.19. The van der Waals surface area contributed by atoms with Crippen LogP contribution in [0.1, 0.15) is 18.9 Å². The Morgan fingerprint density at radius 2 is 2.00 bits per heavy atom. The fraction of sp³-hybridized carbons (Fsp3) is 0.381. The number of benzene rings is 2. The number of carbonyl (C=O) groups excluding carboxylic acids is 1. The molecule has 0 bridgehead atoms. The van der Waals surface area contributed by atoms with Gasteiger partial charge in [-0.3, -0.25) is 0 Å². The Hall–Kier alpha value is -2.44. The fourth-order valence-electron chi connectivity index (χ4n) is 3.26. The molecule has 6 nitrogen and oxygen atoms in total. The molecule has 1 fully saturated rings. The first kappa shape index (κ1) is 20.3. The van der Waals surface area contributed by atoms with Crippen LogP contribution < -0.4 is 10.2 Å². The Kier molecular flexibility index (Phi) is 7.01. The molecule has 1 saturated heterocycles. The van der Waals surface area contributed by atoms with Crippen molar-refractivity contribution in [3.63, 3.8) is 0 Å². The molecule has 2 aromatic carbocycles. The molecule has 2 amide bonds. The number of nitrogens with zero attached hydrogens (tertiary/aromatic N) is 2. The predicted octanol–water partition coefficient (Wildman–Crippen LogP) is 4.33. The van der Waals surface area contributed by atoms with Crippen LogP contribution in [-0.2, 0) is 11.3 Å². The first-order chi connectivity index (χ1) is 13.6. The zero-order valence-corrected chi connectivity index (χ0v) is 16.8. The van der Waals surface area contributed by atoms with Crippen LogP contribution >= 0.6 is 11.6 Å². The van der Waals surface area contributed by atoms with Crippen molar-refractivity contribution in [2.45, 2.75) is 19.9 Å². The number of para-hydroxylation sites is 1. The van der Waals surface area contributed by atoms with Crippen LogP contribution in [0.2, 0.25) is 5.02 Å². The third-order valence-corrected chi connectivity index (χ3v) is 4.92. The molecule has 0 aliphatic carbocycles. The van der Waals surface area contributed by atoms with Crippen molar-refractivity contribution in [1.82, 2.24) is 4.90 Å². The van der Waals surface area contributed by atoms with Crippen LogP contribution in [-0.4, -0.2) is 48.9 Å². The predicted molar refractivity (Wildman–Crippen MR) is 112 cm³/mol. The molecule has 2 aromatic rings. The third-order valence-electron chi connectivity index (χ3n) is 4.69. The van der Waals surface area contributed by atoms with Gasteiger partial charge in [0.25, 0.3) is 0 Å². The molecule has 1 aliphatic heterocycles. The second kappa shape index (κ2) is 9.66. The molecular formula is C21H26ClN3O3. The SMILES string of the molecule is CCCN(Cc1ccccc1O)C(=O)Nc1cc(Cl)ccc1N1CCOCC1. The molecule has 0 saturated carbocycles. The molecule has 0 atom stereocenters. The van der Waals surface area contributed by atoms with Crippen LogP contribution in [0.5, 0.6) is 5.75 Å². The number of halogens is 1. The van der Waals surface area contributed by atoms with E-state index in [2.05, 4.69) is 10.2 Å². The minimum Gasteiger partial charge on any atom is -0.508 e. The Morgan fingerprint density at radius 3 is 2.71 bits per heavy atom. The lowest BCUT2D eigenvalue weighted by Crippen LogP contribution is -2.38. The van der Waals surface area contributed by atoms with Gasteiger partial charge in [-0.25, -0.2) is 4.79 Å². The van der Waals surface area contributed by atoms with Gasteiger partial charge in [0, 0.05) is 30.2 Å². The number of nitrogens with one attached hydrogen (secondary N) is 1. The number of hydrogen-bond donors (Lipinski definition) is 2. The standard InChI is InChI=1S/C21H26ClN3O3/c1-2-9-25(15-16-5-3-4-6-20(16)26)21(27)23-18-14-17(22)7-8-19(18)24-10-12-28-13-11-24/h3-8,14,26H,2,9-13,15H2,1H3,(H,23,27). The summed E-state index contributed by atoms with van der Waals surface area (Å²) in [4.78, 5) is 16.9. The minimum atomic E-state index is -0.220. The smallest absolute Gasteiger partial charge is 0.322 e. The molecule has 0 spiro atoms. The monoisotopic (exact) mass is 403 g/mol. The third kappa shape index (κ3) is 5.09. The first-order valence-electron chi connectivity index (χ1n) is 9.53. The van der Waals surface area contributed by atoms with Crippen LogP contribution in [0.3, 0.4) is 0 Å². The zero-order valence-electron chi connectivity index (χ0n) is 16.0. The van der Waals surface area contributed by atoms with E-state index in [-0.39, 0.29) is 11.8 Å². The Labute approximate surface area is 170 Å². The highest BCUT2D eigenvalue weighted by Gasteiger charge is 2.20. The second-order valence-electron chi connectivity index (χ2n) is 6.74. The molecule has 1 heterocycles. The van der Waals surface area contributed by atoms with E-state index in [1.807, 2.05) is 31.2 Å². The van der Waals surface area contributed by atoms with Crippen molar-refractivity contribution in [3.05, 3.63) is 53.1 Å². The highest BCUT2D eigenvalue weighted by Crippen LogP contribution is 2.30. The van der Waals surface area contributed by atoms with Crippen molar-refractivity contribution in [2.24, 2.45) is 0 Å². The van der Waals surface area contributed by atoms with Gasteiger partial charge in [0.2, 0.25) is 0 Å². The number of ether oxygens (including phenoxy) is 1. The van der Waals surface area contributed by atoms with E-state index in [1.165, 1.54) is 0 Å². The highest BCUT2D eigenvalue weighted by molar-refractivity contribution is 6.31. The molecule has 150 valence electrons. The number of amides is 2. The van der Waals surface area contributed by atoms with E-state index >= 15 is 0 Å². The van der Waals surface area contributed by atoms with E-state index in [4.69, 9.17) is 16.3 Å². The van der Waals surface area contributed by atoms with Crippen molar-refractivity contribution in [2.75, 3.05) is 43.1 Å². The van der Waals surface area contributed by atoms with Gasteiger partial charge in [0.05, 0.1) is 31.1 Å². The Balaban J connectivity index is 1.79. The summed E-state index contributed by atoms with van der Waals surface area (Å²) < 4.78 is 5.43. The second-order valence-corrected chi connectivity index (χ2v) is 7.18. The van der Waals surface area contributed by atoms with Crippen LogP contribution in [0.25, 0.3) is 0 Å². The molecule has 1 aliphatic rings. The van der Waals surface area contributed by atoms with E-state index in [0.717, 1.165) is 25.2 Å². The van der Waals surface area contributed by atoms with E-state index in [0.29, 0.717) is 42.6 Å². The Bertz CT molecular complexity index is 809. The van der Waals surface area contributed by atoms with Crippen LogP contribution in [0.15, 0.2) is 42.5 Å². The van der Waals surface area contributed by atoms with Gasteiger partial charge in [0.15, 0.2) is 0 Å². The van der Waals surface area contributed by atoms with Gasteiger partial charge in [-0.05, 0) is 30.7 Å². The average molecular weight is 404 g/mol. The van der Waals surface area contributed by atoms with Crippen LogP contribution in [0, 0.1) is 0 Å². The van der Waals surface area contributed by atoms with Crippen LogP contribution in [0.4, 0.5) is 16.2 Å². The maximum Gasteiger partial charge on any atom is 0.322 e. The molecule has 0 radical (unpaired) electrons. The lowest BCUT2D eigenvalue weighted by atomic mass is 10.2. The quantitative estimate of drug-likeness (QED) is 0.753. The van der Waals surface area contributed by atoms with Crippen molar-refractivity contribution in [3.8, 4) is 5.75 Å². The summed E-state index contributed by atoms with van der Waals surface area (Å²) in [6.45, 7) is 5.77. The first-order valence-corrected chi connectivity index (χ1v) is 9.91. The molecular weight excluding hydrogens is 378 g/mol. The maximum absolute atomic E-state index is 13.0. The van der Waals surface area contributed by atoms with Crippen molar-refractivity contribution in [1.29, 1.82) is 0 Å². The fourth-order valence-corrected chi connectivity index (χ4v) is 3.43. The molecule has 0 aromatic heterocycles. The van der Waals surface area contributed by atoms with Gasteiger partial charge in [-0.1, -0.05) is 36.7 Å². The number of phenolic OH excluding ortho intramolecular Hbond substituents is 1. The van der Waals surface area contributed by atoms with E-state index in [9.17, 15) is 9.90 Å². The molecule has 3 rings (SSSR count). The zero-order chi connectivity index (χ0) is 19.9. The summed E-state index contributed by atoms with van der Waals surface area (Å²) in [6, 6.07) is 12.4. The number of phenols is 1. The van der Waals surface area contributed by atoms with Gasteiger partial charge in [-0.2, -0.15) is 0 Å². The van der Waals surface area contributed by atoms with Gasteiger partial charge < -0.3 is 25.0 Å². The number of carbonyl (C=O) groups is 1. The number of hydrogen-bond acceptors (Lipinski definition) is 4. The Morgan fingerprint density at radius 1 is 1.25 bits per heavy atom. The number of rotatable bonds is 6. The van der Waals surface area contributed by atoms with E-state index < -0.39 is 0 Å².